The molecule has 0 radical (unpaired) electrons. The van der Waals surface area contributed by atoms with Gasteiger partial charge in [-0.15, -0.1) is 0 Å². The summed E-state index contributed by atoms with van der Waals surface area (Å²) in [5.74, 6) is 1.63. The van der Waals surface area contributed by atoms with Crippen molar-refractivity contribution in [2.75, 3.05) is 0 Å². The maximum Gasteiger partial charge on any atom is 0.137 e. The minimum absolute atomic E-state index is 0.661. The summed E-state index contributed by atoms with van der Waals surface area (Å²) in [5, 5.41) is 0. The fourth-order valence-corrected chi connectivity index (χ4v) is 1.65. The lowest BCUT2D eigenvalue weighted by molar-refractivity contribution is 0.638. The molecule has 0 aliphatic carbocycles. The smallest absolute Gasteiger partial charge is 0.137 e. The largest absolute Gasteiger partial charge is 0.342 e. The average molecular weight is 230 g/mol. The maximum absolute atomic E-state index is 4.38. The summed E-state index contributed by atoms with van der Waals surface area (Å²) in [5.41, 5.74) is 2.36. The van der Waals surface area contributed by atoms with Crippen molar-refractivity contribution in [3.05, 3.63) is 42.2 Å². The van der Waals surface area contributed by atoms with Crippen LogP contribution in [0.15, 0.2) is 36.5 Å². The van der Waals surface area contributed by atoms with Gasteiger partial charge in [0, 0.05) is 17.5 Å². The molecule has 0 spiro atoms. The molecule has 0 aliphatic rings. The van der Waals surface area contributed by atoms with Crippen LogP contribution in [0.25, 0.3) is 11.4 Å². The van der Waals surface area contributed by atoms with E-state index >= 15 is 0 Å². The number of nitrogens with zero attached hydrogens (tertiary/aromatic N) is 1. The molecule has 0 saturated carbocycles. The van der Waals surface area contributed by atoms with Gasteiger partial charge in [-0.05, 0) is 12.3 Å². The number of hydrogen-bond acceptors (Lipinski definition) is 1. The molecule has 0 unspecified atom stereocenters. The van der Waals surface area contributed by atoms with Crippen LogP contribution < -0.4 is 0 Å². The van der Waals surface area contributed by atoms with Crippen molar-refractivity contribution in [2.45, 2.75) is 34.1 Å². The van der Waals surface area contributed by atoms with Crippen LogP contribution in [-0.2, 0) is 6.42 Å². The number of nitrogens with one attached hydrogen (secondary N) is 1. The van der Waals surface area contributed by atoms with E-state index in [0.29, 0.717) is 5.92 Å². The molecule has 2 rings (SSSR count). The van der Waals surface area contributed by atoms with Crippen LogP contribution in [0.1, 0.15) is 33.4 Å². The summed E-state index contributed by atoms with van der Waals surface area (Å²) in [7, 11) is 0. The molecule has 1 heterocycles. The van der Waals surface area contributed by atoms with Crippen molar-refractivity contribution in [3.8, 4) is 11.4 Å². The molecule has 1 aromatic heterocycles. The lowest BCUT2D eigenvalue weighted by atomic mass is 10.1. The first-order valence-corrected chi connectivity index (χ1v) is 6.35. The number of imidazole rings is 1. The van der Waals surface area contributed by atoms with Gasteiger partial charge in [0.25, 0.3) is 0 Å². The van der Waals surface area contributed by atoms with Crippen LogP contribution in [0.5, 0.6) is 0 Å². The van der Waals surface area contributed by atoms with Gasteiger partial charge in [0.1, 0.15) is 5.82 Å². The molecular formula is C15H22N2. The van der Waals surface area contributed by atoms with Crippen molar-refractivity contribution in [2.24, 2.45) is 5.92 Å². The predicted octanol–water partition coefficient (Wildman–Crippen LogP) is 4.30. The van der Waals surface area contributed by atoms with Crippen molar-refractivity contribution in [3.63, 3.8) is 0 Å². The summed E-state index contributed by atoms with van der Waals surface area (Å²) in [4.78, 5) is 7.73. The quantitative estimate of drug-likeness (QED) is 0.836. The van der Waals surface area contributed by atoms with Crippen molar-refractivity contribution in [1.82, 2.24) is 9.97 Å². The van der Waals surface area contributed by atoms with Gasteiger partial charge < -0.3 is 4.98 Å². The number of benzene rings is 1. The van der Waals surface area contributed by atoms with E-state index in [1.54, 1.807) is 0 Å². The number of aromatic amines is 1. The Morgan fingerprint density at radius 3 is 2.35 bits per heavy atom. The SMILES string of the molecule is CC.CC(C)Cc1cnc(-c2ccccc2)[nH]1. The van der Waals surface area contributed by atoms with Gasteiger partial charge in [0.2, 0.25) is 0 Å². The topological polar surface area (TPSA) is 28.7 Å². The minimum atomic E-state index is 0.661. The molecule has 0 amide bonds. The normalized spacial score (nSPS) is 9.94. The van der Waals surface area contributed by atoms with Gasteiger partial charge in [-0.3, -0.25) is 0 Å². The molecular weight excluding hydrogens is 208 g/mol. The highest BCUT2D eigenvalue weighted by atomic mass is 14.9. The average Bonchev–Trinajstić information content (AvgIpc) is 2.80. The molecule has 0 aliphatic heterocycles. The van der Waals surface area contributed by atoms with Gasteiger partial charge in [0.05, 0.1) is 0 Å². The Kier molecular flexibility index (Phi) is 5.47. The lowest BCUT2D eigenvalue weighted by Gasteiger charge is -2.00. The van der Waals surface area contributed by atoms with Gasteiger partial charge in [0.15, 0.2) is 0 Å². The summed E-state index contributed by atoms with van der Waals surface area (Å²) >= 11 is 0. The second-order valence-corrected chi connectivity index (χ2v) is 4.22. The number of aromatic nitrogens is 2. The van der Waals surface area contributed by atoms with E-state index in [9.17, 15) is 0 Å². The Morgan fingerprint density at radius 2 is 1.76 bits per heavy atom. The molecule has 92 valence electrons. The molecule has 0 bridgehead atoms. The van der Waals surface area contributed by atoms with E-state index in [-0.39, 0.29) is 0 Å². The van der Waals surface area contributed by atoms with Crippen molar-refractivity contribution < 1.29 is 0 Å². The number of rotatable bonds is 3. The lowest BCUT2D eigenvalue weighted by Crippen LogP contribution is -1.93. The zero-order chi connectivity index (χ0) is 12.7. The highest BCUT2D eigenvalue weighted by molar-refractivity contribution is 5.54. The third-order valence-corrected chi connectivity index (χ3v) is 2.30. The Labute approximate surface area is 104 Å². The second-order valence-electron chi connectivity index (χ2n) is 4.22. The van der Waals surface area contributed by atoms with E-state index in [2.05, 4.69) is 35.9 Å². The van der Waals surface area contributed by atoms with Crippen LogP contribution in [0, 0.1) is 5.92 Å². The van der Waals surface area contributed by atoms with Gasteiger partial charge >= 0.3 is 0 Å². The molecule has 1 aromatic carbocycles. The van der Waals surface area contributed by atoms with Crippen LogP contribution in [0.2, 0.25) is 0 Å². The van der Waals surface area contributed by atoms with Gasteiger partial charge in [-0.25, -0.2) is 4.98 Å². The van der Waals surface area contributed by atoms with Gasteiger partial charge in [-0.2, -0.15) is 0 Å². The molecule has 0 fully saturated rings. The van der Waals surface area contributed by atoms with Crippen LogP contribution in [-0.4, -0.2) is 9.97 Å². The van der Waals surface area contributed by atoms with Gasteiger partial charge in [-0.1, -0.05) is 58.0 Å². The first-order valence-electron chi connectivity index (χ1n) is 6.35. The van der Waals surface area contributed by atoms with E-state index < -0.39 is 0 Å². The first-order chi connectivity index (χ1) is 8.25. The molecule has 17 heavy (non-hydrogen) atoms. The third-order valence-electron chi connectivity index (χ3n) is 2.30. The van der Waals surface area contributed by atoms with Crippen molar-refractivity contribution in [1.29, 1.82) is 0 Å². The Balaban J connectivity index is 0.000000686. The van der Waals surface area contributed by atoms with E-state index in [0.717, 1.165) is 17.8 Å². The Hall–Kier alpha value is -1.57. The van der Waals surface area contributed by atoms with E-state index in [4.69, 9.17) is 0 Å². The zero-order valence-corrected chi connectivity index (χ0v) is 11.2. The minimum Gasteiger partial charge on any atom is -0.342 e. The summed E-state index contributed by atoms with van der Waals surface area (Å²) in [6, 6.07) is 10.2. The first kappa shape index (κ1) is 13.5. The predicted molar refractivity (Wildman–Crippen MR) is 73.9 cm³/mol. The Morgan fingerprint density at radius 1 is 1.12 bits per heavy atom. The molecule has 0 saturated heterocycles. The monoisotopic (exact) mass is 230 g/mol. The highest BCUT2D eigenvalue weighted by Crippen LogP contribution is 2.15. The van der Waals surface area contributed by atoms with Crippen molar-refractivity contribution >= 4 is 0 Å². The zero-order valence-electron chi connectivity index (χ0n) is 11.2. The fraction of sp³-hybridized carbons (Fsp3) is 0.400. The number of hydrogen-bond donors (Lipinski definition) is 1. The standard InChI is InChI=1S/C13H16N2.C2H6/c1-10(2)8-12-9-14-13(15-12)11-6-4-3-5-7-11;1-2/h3-7,9-10H,8H2,1-2H3,(H,14,15);1-2H3. The van der Waals surface area contributed by atoms with Crippen LogP contribution >= 0.6 is 0 Å². The summed E-state index contributed by atoms with van der Waals surface area (Å²) < 4.78 is 0. The summed E-state index contributed by atoms with van der Waals surface area (Å²) in [6.45, 7) is 8.42. The molecule has 2 aromatic rings. The maximum atomic E-state index is 4.38. The van der Waals surface area contributed by atoms with E-state index in [1.165, 1.54) is 5.69 Å². The molecule has 1 N–H and O–H groups in total. The Bertz CT molecular complexity index is 415. The van der Waals surface area contributed by atoms with E-state index in [1.807, 2.05) is 38.2 Å². The second kappa shape index (κ2) is 6.89. The molecule has 0 atom stereocenters. The van der Waals surface area contributed by atoms with Crippen LogP contribution in [0.4, 0.5) is 0 Å². The highest BCUT2D eigenvalue weighted by Gasteiger charge is 2.04. The fourth-order valence-electron chi connectivity index (χ4n) is 1.65. The molecule has 2 nitrogen and oxygen atoms in total. The number of H-pyrrole nitrogens is 1. The third kappa shape index (κ3) is 4.06. The van der Waals surface area contributed by atoms with Crippen LogP contribution in [0.3, 0.4) is 0 Å². The summed E-state index contributed by atoms with van der Waals surface area (Å²) in [6.07, 6.45) is 2.99. The molecule has 2 heteroatoms.